The van der Waals surface area contributed by atoms with Crippen LogP contribution in [0.25, 0.3) is 0 Å². The number of rotatable bonds is 14. The van der Waals surface area contributed by atoms with Crippen molar-refractivity contribution >= 4 is 130 Å². The number of carboxylic acid groups (broad SMARTS) is 1. The third-order valence-electron chi connectivity index (χ3n) is 10.2. The first kappa shape index (κ1) is 84.9. The average Bonchev–Trinajstić information content (AvgIpc) is 4.41. The summed E-state index contributed by atoms with van der Waals surface area (Å²) in [4.78, 5) is 107. The van der Waals surface area contributed by atoms with Crippen LogP contribution in [0.4, 0.5) is 14.4 Å². The number of carbonyl (C=O) groups excluding carboxylic acids is 7. The molecule has 0 aliphatic carbocycles. The average molecular weight is 1480 g/mol. The number of hydrogen-bond acceptors (Lipinski definition) is 25. The summed E-state index contributed by atoms with van der Waals surface area (Å²) in [7, 11) is 3.97. The van der Waals surface area contributed by atoms with Crippen molar-refractivity contribution < 1.29 is 102 Å². The number of aromatic nitrogens is 3. The minimum absolute atomic E-state index is 0. The molecule has 5 atom stereocenters. The molecule has 3 saturated heterocycles. The quantitative estimate of drug-likeness (QED) is 0.0582. The predicted molar refractivity (Wildman–Crippen MR) is 336 cm³/mol. The maximum Gasteiger partial charge on any atom is 1.00 e. The summed E-state index contributed by atoms with van der Waals surface area (Å²) < 4.78 is 42.6. The van der Waals surface area contributed by atoms with Crippen molar-refractivity contribution in [3.63, 3.8) is 0 Å². The Balaban J connectivity index is -0.00000108. The number of halogens is 3. The molecule has 3 aliphatic rings. The van der Waals surface area contributed by atoms with Crippen molar-refractivity contribution in [2.24, 2.45) is 0 Å². The Labute approximate surface area is 561 Å². The van der Waals surface area contributed by atoms with Crippen LogP contribution in [0.15, 0.2) is 29.9 Å². The number of aliphatic carboxylic acids is 1. The van der Waals surface area contributed by atoms with Crippen LogP contribution in [0.5, 0.6) is 0 Å². The molecule has 3 aromatic rings. The fourth-order valence-electron chi connectivity index (χ4n) is 6.69. The molecule has 34 heteroatoms. The zero-order valence-corrected chi connectivity index (χ0v) is 58.4. The maximum atomic E-state index is 13.1. The summed E-state index contributed by atoms with van der Waals surface area (Å²) in [6.45, 7) is 21.2. The molecule has 4 amide bonds. The monoisotopic (exact) mass is 1480 g/mol. The van der Waals surface area contributed by atoms with Crippen molar-refractivity contribution in [2.45, 2.75) is 188 Å². The smallest absolute Gasteiger partial charge is 0.870 e. The minimum Gasteiger partial charge on any atom is -0.870 e. The van der Waals surface area contributed by atoms with Crippen LogP contribution in [-0.2, 0) is 76.4 Å². The molecule has 0 radical (unpaired) electrons. The molecule has 3 aliphatic heterocycles. The molecule has 8 N–H and O–H groups in total. The van der Waals surface area contributed by atoms with Gasteiger partial charge >= 0.3 is 61.0 Å². The van der Waals surface area contributed by atoms with Gasteiger partial charge in [-0.2, -0.15) is 0 Å². The van der Waals surface area contributed by atoms with Gasteiger partial charge in [0.25, 0.3) is 5.91 Å². The molecule has 0 aromatic carbocycles. The fraction of sp³-hybridized carbons (Fsp3) is 0.679. The molecule has 3 aromatic heterocycles. The number of nitrogens with one attached hydrogen (secondary N) is 6. The van der Waals surface area contributed by atoms with Gasteiger partial charge in [0, 0.05) is 63.1 Å². The summed E-state index contributed by atoms with van der Waals surface area (Å²) in [6.07, 6.45) is 4.11. The Hall–Kier alpha value is -4.11. The number of methoxy groups -OCH3 is 3. The van der Waals surface area contributed by atoms with Crippen molar-refractivity contribution in [2.75, 3.05) is 47.6 Å². The zero-order valence-electron chi connectivity index (χ0n) is 52.2. The molecule has 492 valence electrons. The van der Waals surface area contributed by atoms with E-state index in [0.29, 0.717) is 55.1 Å². The fourth-order valence-corrected chi connectivity index (χ4v) is 10.6. The topological polar surface area (TPSA) is 365 Å². The number of ether oxygens (including phenoxy) is 7. The second-order valence-electron chi connectivity index (χ2n) is 20.7. The molecule has 6 heterocycles. The SMILES string of the molecule is C.C1CCOC1.CC(C)(C)OC(=O)N[C@@H](Cc1nc(Br)cs1)C(=O)O.COC(=O)[C@@H]1CCCN(C(=O)[C@H](Cc2nc(Br)cs2)NC(=O)OC(C)(C)C)N1.COC(=O)[C@@H]1CCCNN1.COC(=O)[C@H](Cc1nc(Br)cs1)NC(=O)OC(C)(C)C.[2H]CC.[Li+].[OH-]. The summed E-state index contributed by atoms with van der Waals surface area (Å²) >= 11 is 13.8. The molecular weight excluding hydrogens is 1390 g/mol. The van der Waals surface area contributed by atoms with Crippen LogP contribution in [0.1, 0.15) is 138 Å². The summed E-state index contributed by atoms with van der Waals surface area (Å²) in [5.74, 6) is -2.66. The van der Waals surface area contributed by atoms with Crippen molar-refractivity contribution in [1.82, 2.24) is 52.2 Å². The minimum atomic E-state index is -1.13. The molecule has 0 bridgehead atoms. The number of hydrazine groups is 2. The summed E-state index contributed by atoms with van der Waals surface area (Å²) in [5.41, 5.74) is 6.64. The van der Waals surface area contributed by atoms with Gasteiger partial charge in [-0.25, -0.2) is 49.8 Å². The van der Waals surface area contributed by atoms with Gasteiger partial charge in [0.2, 0.25) is 0 Å². The molecule has 27 nitrogen and oxygen atoms in total. The number of amides is 4. The van der Waals surface area contributed by atoms with E-state index in [-0.39, 0.29) is 68.9 Å². The summed E-state index contributed by atoms with van der Waals surface area (Å²) in [6, 6.07) is -3.53. The van der Waals surface area contributed by atoms with Crippen molar-refractivity contribution in [3.05, 3.63) is 45.0 Å². The van der Waals surface area contributed by atoms with Crippen LogP contribution in [0.2, 0.25) is 0 Å². The van der Waals surface area contributed by atoms with Gasteiger partial charge in [-0.05, 0) is 149 Å². The number of hydrogen-bond donors (Lipinski definition) is 7. The molecule has 3 fully saturated rings. The molecule has 0 saturated carbocycles. The van der Waals surface area contributed by atoms with Gasteiger partial charge in [0.15, 0.2) is 0 Å². The van der Waals surface area contributed by atoms with E-state index >= 15 is 0 Å². The second kappa shape index (κ2) is 45.2. The third kappa shape index (κ3) is 39.6. The van der Waals surface area contributed by atoms with Crippen LogP contribution in [0.3, 0.4) is 0 Å². The Morgan fingerprint density at radius 1 is 0.667 bits per heavy atom. The van der Waals surface area contributed by atoms with Crippen LogP contribution in [-0.4, -0.2) is 173 Å². The normalized spacial score (nSPS) is 16.2. The van der Waals surface area contributed by atoms with E-state index in [2.05, 4.69) is 104 Å². The van der Waals surface area contributed by atoms with Crippen LogP contribution < -0.4 is 51.1 Å². The van der Waals surface area contributed by atoms with E-state index in [1.165, 1.54) is 73.2 Å². The Bertz CT molecular complexity index is 2520. The number of carbonyl (C=O) groups is 8. The molecule has 6 rings (SSSR count). The standard InChI is InChI=1S/C17H25BrN4O5S.C12H17BrN2O4S.C11H15BrN2O4S.C6H12N2O2.C4H8O.C2H6.CH4.Li.H2O/c1-17(2,3)27-16(25)19-11(8-13-20-12(18)9-28-13)14(23)22-7-5-6-10(21-22)15(24)26-4;1-12(2,3)19-11(17)14-7(10(16)18-4)5-9-15-8(13)6-20-9;1-11(2,3)18-10(17)13-6(9(15)16)4-8-14-7(12)5-19-8;1-10-6(9)5-3-2-4-7-8-5;1-2-4-5-3-1;1-2;;;/h9-11,21H,5-8H2,1-4H3,(H,19,25);6-7H,5H2,1-4H3,(H,14,17);5-6H,4H2,1-3H3,(H,13,17)(H,15,16);5,7-8H,2-4H2,1H3;1-4H2;1-2H3;1H4;;1H2/q;;;;;;;+1;/p-1/t10-,11-;7-;6-;5-;;;;;/m0000...../s1/i;;;;;1D;;;. The van der Waals surface area contributed by atoms with E-state index in [1.54, 1.807) is 85.4 Å². The van der Waals surface area contributed by atoms with Gasteiger partial charge in [0.1, 0.15) is 60.8 Å². The number of carboxylic acids is 1. The molecule has 0 spiro atoms. The molecule has 0 unspecified atom stereocenters. The molecule has 87 heavy (non-hydrogen) atoms. The van der Waals surface area contributed by atoms with Crippen LogP contribution >= 0.6 is 81.8 Å². The first-order chi connectivity index (χ1) is 39.7. The van der Waals surface area contributed by atoms with E-state index in [9.17, 15) is 38.4 Å². The zero-order chi connectivity index (χ0) is 64.5. The molecular formula is C53H88Br3LiN10O17S3. The first-order valence-corrected chi connectivity index (χ1v) is 31.4. The summed E-state index contributed by atoms with van der Waals surface area (Å²) in [5, 5.41) is 25.3. The Morgan fingerprint density at radius 3 is 1.38 bits per heavy atom. The van der Waals surface area contributed by atoms with E-state index < -0.39 is 77.2 Å². The largest absolute Gasteiger partial charge is 1.00 e. The van der Waals surface area contributed by atoms with Crippen molar-refractivity contribution in [3.8, 4) is 0 Å². The Kier molecular flexibility index (Phi) is 44.1. The van der Waals surface area contributed by atoms with Gasteiger partial charge in [-0.15, -0.1) is 34.0 Å². The van der Waals surface area contributed by atoms with Gasteiger partial charge < -0.3 is 59.7 Å². The maximum absolute atomic E-state index is 13.1. The van der Waals surface area contributed by atoms with Gasteiger partial charge in [0.05, 0.1) is 36.4 Å². The van der Waals surface area contributed by atoms with E-state index in [4.69, 9.17) is 30.2 Å². The predicted octanol–water partition coefficient (Wildman–Crippen LogP) is 5.65. The second-order valence-corrected chi connectivity index (χ2v) is 26.0. The number of alkyl carbamates (subject to hydrolysis) is 3. The van der Waals surface area contributed by atoms with E-state index in [0.717, 1.165) is 32.6 Å². The third-order valence-corrected chi connectivity index (χ3v) is 14.9. The van der Waals surface area contributed by atoms with Crippen molar-refractivity contribution in [1.29, 1.82) is 0 Å². The first-order valence-electron chi connectivity index (χ1n) is 27.1. The van der Waals surface area contributed by atoms with Gasteiger partial charge in [-0.1, -0.05) is 21.3 Å². The van der Waals surface area contributed by atoms with Gasteiger partial charge in [-0.3, -0.25) is 24.8 Å². The number of esters is 3. The Morgan fingerprint density at radius 2 is 1.05 bits per heavy atom. The number of nitrogens with zero attached hydrogens (tertiary/aromatic N) is 4. The van der Waals surface area contributed by atoms with E-state index in [1.807, 2.05) is 0 Å². The van der Waals surface area contributed by atoms with Crippen LogP contribution in [0, 0.1) is 0 Å². The number of thiazole rings is 3.